The van der Waals surface area contributed by atoms with Crippen molar-refractivity contribution in [1.82, 2.24) is 9.88 Å². The van der Waals surface area contributed by atoms with Gasteiger partial charge in [0.1, 0.15) is 5.82 Å². The van der Waals surface area contributed by atoms with Gasteiger partial charge < -0.3 is 10.2 Å². The second-order valence-electron chi connectivity index (χ2n) is 7.98. The third-order valence-corrected chi connectivity index (χ3v) is 5.78. The van der Waals surface area contributed by atoms with Crippen molar-refractivity contribution in [2.75, 3.05) is 36.4 Å². The van der Waals surface area contributed by atoms with E-state index in [4.69, 9.17) is 5.26 Å². The summed E-state index contributed by atoms with van der Waals surface area (Å²) in [5.41, 5.74) is 3.11. The summed E-state index contributed by atoms with van der Waals surface area (Å²) in [4.78, 5) is 33.5. The fourth-order valence-electron chi connectivity index (χ4n) is 3.75. The molecular weight excluding hydrogens is 390 g/mol. The van der Waals surface area contributed by atoms with Gasteiger partial charge in [0.15, 0.2) is 0 Å². The maximum absolute atomic E-state index is 13.1. The van der Waals surface area contributed by atoms with Gasteiger partial charge in [0, 0.05) is 24.3 Å². The minimum Gasteiger partial charge on any atom is -0.310 e. The van der Waals surface area contributed by atoms with Crippen LogP contribution in [0.1, 0.15) is 30.4 Å². The van der Waals surface area contributed by atoms with E-state index in [-0.39, 0.29) is 30.7 Å². The van der Waals surface area contributed by atoms with E-state index in [1.807, 2.05) is 44.2 Å². The summed E-state index contributed by atoms with van der Waals surface area (Å²) in [5.74, 6) is 0.444. The number of likely N-dealkylation sites (tertiary alicyclic amines) is 1. The number of rotatable bonds is 7. The molecule has 162 valence electrons. The van der Waals surface area contributed by atoms with E-state index in [2.05, 4.69) is 21.3 Å². The summed E-state index contributed by atoms with van der Waals surface area (Å²) in [7, 11) is 0. The quantitative estimate of drug-likeness (QED) is 0.744. The standard InChI is InChI=1S/C24H29N5O2/c1-18-7-8-21(16-19(18)2)29(13-5-11-25)23(30)17-28-14-9-20(10-15-28)24(31)27-22-6-3-4-12-26-22/h3-4,6-8,12,16,20H,5,9-10,13-15,17H2,1-2H3,(H,26,27,31). The molecule has 0 saturated carbocycles. The van der Waals surface area contributed by atoms with Gasteiger partial charge in [0.2, 0.25) is 11.8 Å². The Morgan fingerprint density at radius 2 is 1.97 bits per heavy atom. The second-order valence-corrected chi connectivity index (χ2v) is 7.98. The van der Waals surface area contributed by atoms with Gasteiger partial charge in [-0.15, -0.1) is 0 Å². The van der Waals surface area contributed by atoms with Crippen LogP contribution in [0.2, 0.25) is 0 Å². The molecule has 3 rings (SSSR count). The van der Waals surface area contributed by atoms with Crippen LogP contribution in [0, 0.1) is 31.1 Å². The van der Waals surface area contributed by atoms with Crippen molar-refractivity contribution in [2.24, 2.45) is 5.92 Å². The summed E-state index contributed by atoms with van der Waals surface area (Å²) in [5, 5.41) is 11.9. The second kappa shape index (κ2) is 10.7. The zero-order valence-corrected chi connectivity index (χ0v) is 18.2. The SMILES string of the molecule is Cc1ccc(N(CCC#N)C(=O)CN2CCC(C(=O)Nc3ccccn3)CC2)cc1C. The van der Waals surface area contributed by atoms with Crippen molar-refractivity contribution >= 4 is 23.3 Å². The van der Waals surface area contributed by atoms with Crippen LogP contribution in [-0.4, -0.2) is 47.9 Å². The Morgan fingerprint density at radius 3 is 2.61 bits per heavy atom. The van der Waals surface area contributed by atoms with Gasteiger partial charge in [-0.25, -0.2) is 4.98 Å². The fourth-order valence-corrected chi connectivity index (χ4v) is 3.75. The van der Waals surface area contributed by atoms with Gasteiger partial charge in [-0.3, -0.25) is 14.5 Å². The number of carbonyl (C=O) groups is 2. The number of hydrogen-bond acceptors (Lipinski definition) is 5. The van der Waals surface area contributed by atoms with Crippen molar-refractivity contribution in [3.05, 3.63) is 53.7 Å². The molecule has 0 atom stereocenters. The van der Waals surface area contributed by atoms with Crippen molar-refractivity contribution in [1.29, 1.82) is 5.26 Å². The Morgan fingerprint density at radius 1 is 1.19 bits per heavy atom. The Hall–Kier alpha value is -3.24. The lowest BCUT2D eigenvalue weighted by atomic mass is 9.96. The zero-order valence-electron chi connectivity index (χ0n) is 18.2. The van der Waals surface area contributed by atoms with Crippen LogP contribution in [0.15, 0.2) is 42.6 Å². The van der Waals surface area contributed by atoms with E-state index in [1.165, 1.54) is 5.56 Å². The molecule has 0 radical (unpaired) electrons. The monoisotopic (exact) mass is 419 g/mol. The van der Waals surface area contributed by atoms with E-state index in [0.717, 1.165) is 11.3 Å². The molecule has 0 unspecified atom stereocenters. The lowest BCUT2D eigenvalue weighted by Gasteiger charge is -2.32. The lowest BCUT2D eigenvalue weighted by Crippen LogP contribution is -2.45. The van der Waals surface area contributed by atoms with Crippen LogP contribution in [0.5, 0.6) is 0 Å². The van der Waals surface area contributed by atoms with E-state index in [0.29, 0.717) is 38.3 Å². The molecule has 0 aliphatic carbocycles. The van der Waals surface area contributed by atoms with Gasteiger partial charge in [-0.05, 0) is 75.2 Å². The maximum atomic E-state index is 13.1. The molecule has 1 aromatic heterocycles. The Bertz CT molecular complexity index is 946. The van der Waals surface area contributed by atoms with Gasteiger partial charge in [-0.2, -0.15) is 5.26 Å². The molecule has 2 amide bonds. The molecular formula is C24H29N5O2. The number of aryl methyl sites for hydroxylation is 2. The van der Waals surface area contributed by atoms with Crippen LogP contribution < -0.4 is 10.2 Å². The summed E-state index contributed by atoms with van der Waals surface area (Å²) in [6.45, 7) is 6.09. The van der Waals surface area contributed by atoms with Crippen molar-refractivity contribution < 1.29 is 9.59 Å². The minimum absolute atomic E-state index is 0.0181. The molecule has 31 heavy (non-hydrogen) atoms. The number of aromatic nitrogens is 1. The normalized spacial score (nSPS) is 14.6. The largest absolute Gasteiger partial charge is 0.310 e. The molecule has 1 aromatic carbocycles. The van der Waals surface area contributed by atoms with Gasteiger partial charge in [0.05, 0.1) is 19.0 Å². The highest BCUT2D eigenvalue weighted by atomic mass is 16.2. The van der Waals surface area contributed by atoms with Gasteiger partial charge in [0.25, 0.3) is 0 Å². The Balaban J connectivity index is 1.56. The van der Waals surface area contributed by atoms with Crippen LogP contribution in [0.4, 0.5) is 11.5 Å². The topological polar surface area (TPSA) is 89.3 Å². The minimum atomic E-state index is -0.0807. The highest BCUT2D eigenvalue weighted by Crippen LogP contribution is 2.22. The number of pyridine rings is 1. The molecule has 2 aromatic rings. The molecule has 7 nitrogen and oxygen atoms in total. The molecule has 0 bridgehead atoms. The molecule has 1 fully saturated rings. The summed E-state index contributed by atoms with van der Waals surface area (Å²) < 4.78 is 0. The number of amides is 2. The first kappa shape index (κ1) is 22.4. The van der Waals surface area contributed by atoms with E-state index in [1.54, 1.807) is 17.2 Å². The average molecular weight is 420 g/mol. The number of piperidine rings is 1. The first-order valence-corrected chi connectivity index (χ1v) is 10.7. The molecule has 1 saturated heterocycles. The van der Waals surface area contributed by atoms with Crippen LogP contribution in [0.25, 0.3) is 0 Å². The third-order valence-electron chi connectivity index (χ3n) is 5.78. The van der Waals surface area contributed by atoms with Crippen molar-refractivity contribution in [3.8, 4) is 6.07 Å². The number of nitrogens with one attached hydrogen (secondary N) is 1. The Kier molecular flexibility index (Phi) is 7.74. The molecule has 0 spiro atoms. The van der Waals surface area contributed by atoms with Gasteiger partial charge in [-0.1, -0.05) is 12.1 Å². The van der Waals surface area contributed by atoms with Gasteiger partial charge >= 0.3 is 0 Å². The molecule has 7 heteroatoms. The van der Waals surface area contributed by atoms with Crippen molar-refractivity contribution in [2.45, 2.75) is 33.1 Å². The first-order valence-electron chi connectivity index (χ1n) is 10.7. The maximum Gasteiger partial charge on any atom is 0.241 e. The van der Waals surface area contributed by atoms with Crippen LogP contribution in [-0.2, 0) is 9.59 Å². The Labute approximate surface area is 183 Å². The molecule has 1 N–H and O–H groups in total. The van der Waals surface area contributed by atoms with E-state index in [9.17, 15) is 9.59 Å². The number of nitrogens with zero attached hydrogens (tertiary/aromatic N) is 4. The average Bonchev–Trinajstić information content (AvgIpc) is 2.77. The van der Waals surface area contributed by atoms with Crippen LogP contribution >= 0.6 is 0 Å². The molecule has 2 heterocycles. The predicted octanol–water partition coefficient (Wildman–Crippen LogP) is 3.30. The molecule has 1 aliphatic rings. The zero-order chi connectivity index (χ0) is 22.2. The number of hydrogen-bond donors (Lipinski definition) is 1. The molecule has 1 aliphatic heterocycles. The number of carbonyl (C=O) groups excluding carboxylic acids is 2. The number of anilines is 2. The number of nitriles is 1. The van der Waals surface area contributed by atoms with Crippen molar-refractivity contribution in [3.63, 3.8) is 0 Å². The number of benzene rings is 1. The van der Waals surface area contributed by atoms with E-state index >= 15 is 0 Å². The first-order chi connectivity index (χ1) is 15.0. The highest BCUT2D eigenvalue weighted by molar-refractivity contribution is 5.95. The van der Waals surface area contributed by atoms with Crippen LogP contribution in [0.3, 0.4) is 0 Å². The summed E-state index contributed by atoms with van der Waals surface area (Å²) in [6, 6.07) is 13.5. The lowest BCUT2D eigenvalue weighted by molar-refractivity contribution is -0.122. The van der Waals surface area contributed by atoms with E-state index < -0.39 is 0 Å². The summed E-state index contributed by atoms with van der Waals surface area (Å²) >= 11 is 0. The highest BCUT2D eigenvalue weighted by Gasteiger charge is 2.27. The smallest absolute Gasteiger partial charge is 0.241 e. The predicted molar refractivity (Wildman–Crippen MR) is 121 cm³/mol. The fraction of sp³-hybridized carbons (Fsp3) is 0.417. The summed E-state index contributed by atoms with van der Waals surface area (Å²) in [6.07, 6.45) is 3.34. The third kappa shape index (κ3) is 6.12.